The average molecular weight is 585 g/mol. The van der Waals surface area contributed by atoms with Gasteiger partial charge in [-0.3, -0.25) is 9.59 Å². The van der Waals surface area contributed by atoms with Crippen molar-refractivity contribution in [2.45, 2.75) is 49.2 Å². The van der Waals surface area contributed by atoms with Gasteiger partial charge in [-0.15, -0.1) is 23.1 Å². The minimum atomic E-state index is -0.583. The Morgan fingerprint density at radius 3 is 2.39 bits per heavy atom. The van der Waals surface area contributed by atoms with E-state index < -0.39 is 5.25 Å². The molecular formula is C33H32N2O4S2. The van der Waals surface area contributed by atoms with Crippen LogP contribution in [0, 0.1) is 0 Å². The molecule has 1 aliphatic carbocycles. The van der Waals surface area contributed by atoms with E-state index in [1.165, 1.54) is 23.1 Å². The normalized spacial score (nSPS) is 13.1. The Labute approximate surface area is 248 Å². The Kier molecular flexibility index (Phi) is 9.54. The zero-order chi connectivity index (χ0) is 28.6. The van der Waals surface area contributed by atoms with Crippen molar-refractivity contribution < 1.29 is 19.1 Å². The Morgan fingerprint density at radius 1 is 0.902 bits per heavy atom. The molecule has 0 aliphatic heterocycles. The highest BCUT2D eigenvalue weighted by Gasteiger charge is 2.30. The number of nitrogens with one attached hydrogen (secondary N) is 2. The van der Waals surface area contributed by atoms with Crippen LogP contribution in [0.25, 0.3) is 0 Å². The van der Waals surface area contributed by atoms with E-state index in [4.69, 9.17) is 4.74 Å². The molecule has 0 spiro atoms. The van der Waals surface area contributed by atoms with Crippen LogP contribution >= 0.6 is 23.1 Å². The number of carbonyl (C=O) groups is 3. The highest BCUT2D eigenvalue weighted by molar-refractivity contribution is 8.00. The van der Waals surface area contributed by atoms with E-state index in [1.807, 2.05) is 84.9 Å². The molecule has 4 aromatic rings. The molecule has 1 atom stereocenters. The summed E-state index contributed by atoms with van der Waals surface area (Å²) in [5.41, 5.74) is 3.96. The Balaban J connectivity index is 1.37. The first-order valence-electron chi connectivity index (χ1n) is 13.8. The summed E-state index contributed by atoms with van der Waals surface area (Å²) in [4.78, 5) is 41.5. The molecule has 1 aromatic heterocycles. The van der Waals surface area contributed by atoms with Crippen LogP contribution in [0.3, 0.4) is 0 Å². The van der Waals surface area contributed by atoms with Gasteiger partial charge in [0.15, 0.2) is 0 Å². The quantitative estimate of drug-likeness (QED) is 0.149. The van der Waals surface area contributed by atoms with Crippen molar-refractivity contribution >= 4 is 51.6 Å². The third-order valence-electron chi connectivity index (χ3n) is 6.81. The van der Waals surface area contributed by atoms with Crippen LogP contribution in [0.4, 0.5) is 10.7 Å². The van der Waals surface area contributed by atoms with Crippen molar-refractivity contribution in [1.82, 2.24) is 0 Å². The number of ether oxygens (including phenoxy) is 1. The summed E-state index contributed by atoms with van der Waals surface area (Å²) in [5.74, 6) is -0.710. The van der Waals surface area contributed by atoms with Crippen LogP contribution in [-0.2, 0) is 33.6 Å². The molecule has 1 heterocycles. The molecule has 5 rings (SSSR count). The molecule has 2 amide bonds. The van der Waals surface area contributed by atoms with Gasteiger partial charge in [0, 0.05) is 15.5 Å². The number of benzene rings is 3. The Hall–Kier alpha value is -3.88. The number of amides is 2. The predicted octanol–water partition coefficient (Wildman–Crippen LogP) is 7.46. The van der Waals surface area contributed by atoms with Crippen molar-refractivity contribution in [1.29, 1.82) is 0 Å². The van der Waals surface area contributed by atoms with Crippen molar-refractivity contribution in [3.63, 3.8) is 0 Å². The number of fused-ring (bicyclic) bond motifs is 1. The largest absolute Gasteiger partial charge is 0.462 e. The SMILES string of the molecule is CCOC(=O)c1c(NC(=O)C(Sc2cccc(NC(=O)Cc3ccccc3)c2)c2ccccc2)sc2c1CCCC2. The fourth-order valence-electron chi connectivity index (χ4n) is 4.92. The molecule has 0 saturated carbocycles. The standard InChI is InChI=1S/C33H32N2O4S2/c1-2-39-33(38)29-26-18-9-10-19-27(26)41-32(29)35-31(37)30(23-14-7-4-8-15-23)40-25-17-11-16-24(21-25)34-28(36)20-22-12-5-3-6-13-22/h3-8,11-17,21,30H,2,9-10,18-20H2,1H3,(H,34,36)(H,35,37). The van der Waals surface area contributed by atoms with Gasteiger partial charge < -0.3 is 15.4 Å². The second-order valence-electron chi connectivity index (χ2n) is 9.77. The van der Waals surface area contributed by atoms with Gasteiger partial charge in [0.2, 0.25) is 11.8 Å². The monoisotopic (exact) mass is 584 g/mol. The summed E-state index contributed by atoms with van der Waals surface area (Å²) in [6.45, 7) is 2.06. The lowest BCUT2D eigenvalue weighted by molar-refractivity contribution is -0.116. The number of hydrogen-bond acceptors (Lipinski definition) is 6. The molecule has 6 nitrogen and oxygen atoms in total. The zero-order valence-electron chi connectivity index (χ0n) is 22.9. The smallest absolute Gasteiger partial charge is 0.341 e. The molecule has 1 unspecified atom stereocenters. The molecule has 0 radical (unpaired) electrons. The number of rotatable bonds is 10. The topological polar surface area (TPSA) is 84.5 Å². The van der Waals surface area contributed by atoms with Gasteiger partial charge >= 0.3 is 5.97 Å². The van der Waals surface area contributed by atoms with Gasteiger partial charge in [0.1, 0.15) is 10.3 Å². The fraction of sp³-hybridized carbons (Fsp3) is 0.242. The van der Waals surface area contributed by atoms with Crippen LogP contribution < -0.4 is 10.6 Å². The third-order valence-corrected chi connectivity index (χ3v) is 9.26. The van der Waals surface area contributed by atoms with E-state index in [0.29, 0.717) is 16.3 Å². The maximum absolute atomic E-state index is 13.9. The molecule has 2 N–H and O–H groups in total. The third kappa shape index (κ3) is 7.26. The molecule has 8 heteroatoms. The molecular weight excluding hydrogens is 553 g/mol. The van der Waals surface area contributed by atoms with Crippen molar-refractivity contribution in [2.24, 2.45) is 0 Å². The highest BCUT2D eigenvalue weighted by atomic mass is 32.2. The number of thioether (sulfide) groups is 1. The van der Waals surface area contributed by atoms with Gasteiger partial charge in [0.25, 0.3) is 0 Å². The van der Waals surface area contributed by atoms with Crippen molar-refractivity contribution in [3.05, 3.63) is 112 Å². The number of aryl methyl sites for hydroxylation is 1. The van der Waals surface area contributed by atoms with E-state index in [2.05, 4.69) is 10.6 Å². The molecule has 1 aliphatic rings. The van der Waals surface area contributed by atoms with Gasteiger partial charge in [-0.05, 0) is 67.5 Å². The van der Waals surface area contributed by atoms with Crippen molar-refractivity contribution in [3.8, 4) is 0 Å². The number of esters is 1. The summed E-state index contributed by atoms with van der Waals surface area (Å²) in [7, 11) is 0. The maximum Gasteiger partial charge on any atom is 0.341 e. The van der Waals surface area contributed by atoms with Gasteiger partial charge in [0.05, 0.1) is 18.6 Å². The second kappa shape index (κ2) is 13.7. The lowest BCUT2D eigenvalue weighted by atomic mass is 9.95. The van der Waals surface area contributed by atoms with Crippen LogP contribution in [0.15, 0.2) is 89.8 Å². The zero-order valence-corrected chi connectivity index (χ0v) is 24.5. The van der Waals surface area contributed by atoms with Gasteiger partial charge in [-0.1, -0.05) is 66.7 Å². The van der Waals surface area contributed by atoms with Crippen LogP contribution in [0.1, 0.15) is 56.9 Å². The van der Waals surface area contributed by atoms with E-state index >= 15 is 0 Å². The Bertz CT molecular complexity index is 1520. The maximum atomic E-state index is 13.9. The van der Waals surface area contributed by atoms with Crippen LogP contribution in [0.5, 0.6) is 0 Å². The van der Waals surface area contributed by atoms with Gasteiger partial charge in [-0.2, -0.15) is 0 Å². The Morgan fingerprint density at radius 2 is 1.63 bits per heavy atom. The summed E-state index contributed by atoms with van der Waals surface area (Å²) in [6.07, 6.45) is 4.09. The highest BCUT2D eigenvalue weighted by Crippen LogP contribution is 2.41. The first kappa shape index (κ1) is 28.6. The molecule has 0 saturated heterocycles. The van der Waals surface area contributed by atoms with Gasteiger partial charge in [-0.25, -0.2) is 4.79 Å². The van der Waals surface area contributed by atoms with E-state index in [9.17, 15) is 14.4 Å². The summed E-state index contributed by atoms with van der Waals surface area (Å²) >= 11 is 2.88. The van der Waals surface area contributed by atoms with E-state index in [-0.39, 0.29) is 30.8 Å². The predicted molar refractivity (Wildman–Crippen MR) is 166 cm³/mol. The minimum Gasteiger partial charge on any atom is -0.462 e. The lowest BCUT2D eigenvalue weighted by Gasteiger charge is -2.18. The van der Waals surface area contributed by atoms with Crippen LogP contribution in [0.2, 0.25) is 0 Å². The summed E-state index contributed by atoms with van der Waals surface area (Å²) < 4.78 is 5.37. The number of anilines is 2. The molecule has 41 heavy (non-hydrogen) atoms. The summed E-state index contributed by atoms with van der Waals surface area (Å²) in [6, 6.07) is 26.7. The second-order valence-corrected chi connectivity index (χ2v) is 12.1. The lowest BCUT2D eigenvalue weighted by Crippen LogP contribution is -2.20. The fourth-order valence-corrected chi connectivity index (χ4v) is 7.28. The molecule has 0 bridgehead atoms. The number of carbonyl (C=O) groups excluding carboxylic acids is 3. The molecule has 0 fully saturated rings. The summed E-state index contributed by atoms with van der Waals surface area (Å²) in [5, 5.41) is 6.03. The number of thiophene rings is 1. The van der Waals surface area contributed by atoms with Crippen molar-refractivity contribution in [2.75, 3.05) is 17.2 Å². The molecule has 210 valence electrons. The van der Waals surface area contributed by atoms with E-state index in [0.717, 1.165) is 52.1 Å². The minimum absolute atomic E-state index is 0.108. The molecule has 3 aromatic carbocycles. The first-order valence-corrected chi connectivity index (χ1v) is 15.5. The average Bonchev–Trinajstić information content (AvgIpc) is 3.35. The van der Waals surface area contributed by atoms with E-state index in [1.54, 1.807) is 6.92 Å². The van der Waals surface area contributed by atoms with Crippen LogP contribution in [-0.4, -0.2) is 24.4 Å². The number of hydrogen-bond donors (Lipinski definition) is 2. The first-order chi connectivity index (χ1) is 20.0.